The van der Waals surface area contributed by atoms with Gasteiger partial charge in [0.2, 0.25) is 0 Å². The maximum absolute atomic E-state index is 12.5. The summed E-state index contributed by atoms with van der Waals surface area (Å²) in [5.41, 5.74) is 1.35. The van der Waals surface area contributed by atoms with Gasteiger partial charge in [-0.15, -0.1) is 6.42 Å². The Bertz CT molecular complexity index is 1110. The molecule has 0 radical (unpaired) electrons. The highest BCUT2D eigenvalue weighted by atomic mass is 16.5. The van der Waals surface area contributed by atoms with E-state index < -0.39 is 11.8 Å². The second-order valence-corrected chi connectivity index (χ2v) is 5.90. The largest absolute Gasteiger partial charge is 0.480 e. The quantitative estimate of drug-likeness (QED) is 0.409. The van der Waals surface area contributed by atoms with Crippen LogP contribution in [0.1, 0.15) is 26.3 Å². The van der Waals surface area contributed by atoms with E-state index in [-0.39, 0.29) is 6.61 Å². The van der Waals surface area contributed by atoms with E-state index in [0.29, 0.717) is 22.4 Å². The van der Waals surface area contributed by atoms with E-state index in [0.717, 1.165) is 15.8 Å². The van der Waals surface area contributed by atoms with Crippen molar-refractivity contribution in [2.24, 2.45) is 5.10 Å². The van der Waals surface area contributed by atoms with Gasteiger partial charge < -0.3 is 4.74 Å². The second-order valence-electron chi connectivity index (χ2n) is 5.90. The summed E-state index contributed by atoms with van der Waals surface area (Å²) in [5.74, 6) is 2.07. The Hall–Kier alpha value is -3.91. The van der Waals surface area contributed by atoms with E-state index in [2.05, 4.69) is 11.0 Å². The van der Waals surface area contributed by atoms with E-state index in [9.17, 15) is 9.59 Å². The molecule has 1 heterocycles. The van der Waals surface area contributed by atoms with E-state index in [1.54, 1.807) is 30.3 Å². The summed E-state index contributed by atoms with van der Waals surface area (Å²) < 4.78 is 5.61. The molecule has 0 aromatic heterocycles. The van der Waals surface area contributed by atoms with E-state index in [4.69, 9.17) is 11.2 Å². The number of fused-ring (bicyclic) bond motifs is 2. The number of amides is 2. The molecule has 0 unspecified atom stereocenters. The molecule has 1 aliphatic rings. The Balaban J connectivity index is 1.76. The molecule has 130 valence electrons. The number of imide groups is 1. The number of carbonyl (C=O) groups is 2. The standard InChI is InChI=1S/C22H14N2O3/c1-2-13-27-20-12-11-15-7-3-4-8-16(15)19(20)14-23-24-21(25)17-9-5-6-10-18(17)22(24)26/h1,3-12,14H,13H2. The van der Waals surface area contributed by atoms with Gasteiger partial charge in [-0.2, -0.15) is 10.1 Å². The van der Waals surface area contributed by atoms with Crippen LogP contribution in [0, 0.1) is 12.3 Å². The number of terminal acetylenes is 1. The zero-order valence-electron chi connectivity index (χ0n) is 14.3. The lowest BCUT2D eigenvalue weighted by Crippen LogP contribution is -2.24. The van der Waals surface area contributed by atoms with Crippen LogP contribution in [0.5, 0.6) is 5.75 Å². The smallest absolute Gasteiger partial charge is 0.282 e. The number of hydrogen-bond donors (Lipinski definition) is 0. The van der Waals surface area contributed by atoms with Gasteiger partial charge in [-0.25, -0.2) is 0 Å². The van der Waals surface area contributed by atoms with Crippen molar-refractivity contribution in [1.82, 2.24) is 5.01 Å². The predicted octanol–water partition coefficient (Wildman–Crippen LogP) is 3.48. The minimum Gasteiger partial charge on any atom is -0.480 e. The fourth-order valence-corrected chi connectivity index (χ4v) is 3.05. The van der Waals surface area contributed by atoms with Gasteiger partial charge in [-0.05, 0) is 29.0 Å². The van der Waals surface area contributed by atoms with Crippen molar-refractivity contribution in [2.75, 3.05) is 6.61 Å². The van der Waals surface area contributed by atoms with Crippen molar-refractivity contribution in [3.05, 3.63) is 77.4 Å². The number of hydrazone groups is 1. The van der Waals surface area contributed by atoms with Gasteiger partial charge >= 0.3 is 0 Å². The van der Waals surface area contributed by atoms with E-state index in [1.807, 2.05) is 30.3 Å². The molecule has 1 aliphatic heterocycles. The number of nitrogens with zero attached hydrogens (tertiary/aromatic N) is 2. The number of ether oxygens (including phenoxy) is 1. The van der Waals surface area contributed by atoms with Crippen LogP contribution in [-0.4, -0.2) is 29.6 Å². The van der Waals surface area contributed by atoms with Crippen LogP contribution < -0.4 is 4.74 Å². The summed E-state index contributed by atoms with van der Waals surface area (Å²) in [6, 6.07) is 18.1. The molecule has 5 nitrogen and oxygen atoms in total. The van der Waals surface area contributed by atoms with Crippen molar-refractivity contribution < 1.29 is 14.3 Å². The molecule has 0 fully saturated rings. The van der Waals surface area contributed by atoms with Crippen LogP contribution in [0.4, 0.5) is 0 Å². The maximum Gasteiger partial charge on any atom is 0.282 e. The Kier molecular flexibility index (Phi) is 4.15. The zero-order valence-corrected chi connectivity index (χ0v) is 14.3. The van der Waals surface area contributed by atoms with Crippen LogP contribution in [-0.2, 0) is 0 Å². The summed E-state index contributed by atoms with van der Waals surface area (Å²) in [6.07, 6.45) is 6.76. The highest BCUT2D eigenvalue weighted by Crippen LogP contribution is 2.28. The van der Waals surface area contributed by atoms with E-state index in [1.165, 1.54) is 6.21 Å². The minimum atomic E-state index is -0.446. The molecular weight excluding hydrogens is 340 g/mol. The van der Waals surface area contributed by atoms with Crippen molar-refractivity contribution >= 4 is 28.8 Å². The molecule has 0 atom stereocenters. The number of benzene rings is 3. The SMILES string of the molecule is C#CCOc1ccc2ccccc2c1C=NN1C(=O)c2ccccc2C1=O. The average Bonchev–Trinajstić information content (AvgIpc) is 2.95. The van der Waals surface area contributed by atoms with Gasteiger partial charge in [-0.1, -0.05) is 48.4 Å². The lowest BCUT2D eigenvalue weighted by molar-refractivity contribution is 0.0660. The molecule has 0 spiro atoms. The van der Waals surface area contributed by atoms with Crippen molar-refractivity contribution in [3.63, 3.8) is 0 Å². The molecule has 3 aromatic rings. The Morgan fingerprint density at radius 3 is 2.33 bits per heavy atom. The molecule has 5 heteroatoms. The van der Waals surface area contributed by atoms with Crippen LogP contribution in [0.15, 0.2) is 65.8 Å². The molecule has 0 saturated heterocycles. The molecule has 3 aromatic carbocycles. The third-order valence-electron chi connectivity index (χ3n) is 4.32. The zero-order chi connectivity index (χ0) is 18.8. The highest BCUT2D eigenvalue weighted by Gasteiger charge is 2.35. The van der Waals surface area contributed by atoms with Crippen molar-refractivity contribution in [3.8, 4) is 18.1 Å². The van der Waals surface area contributed by atoms with Crippen molar-refractivity contribution in [1.29, 1.82) is 0 Å². The molecule has 0 aliphatic carbocycles. The fourth-order valence-electron chi connectivity index (χ4n) is 3.05. The van der Waals surface area contributed by atoms with Crippen LogP contribution in [0.25, 0.3) is 10.8 Å². The summed E-state index contributed by atoms with van der Waals surface area (Å²) in [4.78, 5) is 25.0. The monoisotopic (exact) mass is 354 g/mol. The Morgan fingerprint density at radius 1 is 0.963 bits per heavy atom. The van der Waals surface area contributed by atoms with Gasteiger partial charge in [0, 0.05) is 5.56 Å². The second kappa shape index (κ2) is 6.77. The highest BCUT2D eigenvalue weighted by molar-refractivity contribution is 6.21. The topological polar surface area (TPSA) is 59.0 Å². The first-order valence-electron chi connectivity index (χ1n) is 8.30. The molecule has 0 N–H and O–H groups in total. The third kappa shape index (κ3) is 2.83. The normalized spacial score (nSPS) is 13.2. The van der Waals surface area contributed by atoms with Crippen LogP contribution in [0.2, 0.25) is 0 Å². The lowest BCUT2D eigenvalue weighted by Gasteiger charge is -2.11. The van der Waals surface area contributed by atoms with Crippen molar-refractivity contribution in [2.45, 2.75) is 0 Å². The first-order chi connectivity index (χ1) is 13.2. The summed E-state index contributed by atoms with van der Waals surface area (Å²) >= 11 is 0. The van der Waals surface area contributed by atoms with Gasteiger partial charge in [0.25, 0.3) is 11.8 Å². The van der Waals surface area contributed by atoms with E-state index >= 15 is 0 Å². The van der Waals surface area contributed by atoms with Crippen LogP contribution in [0.3, 0.4) is 0 Å². The predicted molar refractivity (Wildman–Crippen MR) is 103 cm³/mol. The number of carbonyl (C=O) groups excluding carboxylic acids is 2. The van der Waals surface area contributed by atoms with Gasteiger partial charge in [0.05, 0.1) is 17.3 Å². The van der Waals surface area contributed by atoms with Gasteiger partial charge in [0.15, 0.2) is 0 Å². The number of hydrogen-bond acceptors (Lipinski definition) is 4. The summed E-state index contributed by atoms with van der Waals surface area (Å²) in [6.45, 7) is 0.103. The lowest BCUT2D eigenvalue weighted by atomic mass is 10.0. The fraction of sp³-hybridized carbons (Fsp3) is 0.0455. The average molecular weight is 354 g/mol. The summed E-state index contributed by atoms with van der Waals surface area (Å²) in [7, 11) is 0. The molecule has 0 saturated carbocycles. The first-order valence-corrected chi connectivity index (χ1v) is 8.30. The summed E-state index contributed by atoms with van der Waals surface area (Å²) in [5, 5.41) is 6.90. The number of rotatable bonds is 4. The molecule has 27 heavy (non-hydrogen) atoms. The molecule has 0 bridgehead atoms. The molecule has 4 rings (SSSR count). The van der Waals surface area contributed by atoms with Gasteiger partial charge in [0.1, 0.15) is 12.4 Å². The molecular formula is C22H14N2O3. The van der Waals surface area contributed by atoms with Crippen LogP contribution >= 0.6 is 0 Å². The van der Waals surface area contributed by atoms with Gasteiger partial charge in [-0.3, -0.25) is 9.59 Å². The first kappa shape index (κ1) is 16.6. The Labute approximate surface area is 155 Å². The minimum absolute atomic E-state index is 0.103. The third-order valence-corrected chi connectivity index (χ3v) is 4.32. The molecule has 2 amide bonds. The maximum atomic E-state index is 12.5. The Morgan fingerprint density at radius 2 is 1.63 bits per heavy atom.